The Balaban J connectivity index is 1.45. The summed E-state index contributed by atoms with van der Waals surface area (Å²) in [6.45, 7) is 11.8. The fourth-order valence-corrected chi connectivity index (χ4v) is 6.77. The first-order valence-corrected chi connectivity index (χ1v) is 13.0. The number of para-hydroxylation sites is 1. The molecule has 2 aliphatic rings. The lowest BCUT2D eigenvalue weighted by Crippen LogP contribution is -2.56. The Bertz CT molecular complexity index is 1090. The molecule has 0 aliphatic carbocycles. The summed E-state index contributed by atoms with van der Waals surface area (Å²) in [6.07, 6.45) is 2.87. The second-order valence-corrected chi connectivity index (χ2v) is 11.6. The number of aromatic nitrogens is 1. The van der Waals surface area contributed by atoms with Gasteiger partial charge in [-0.15, -0.1) is 0 Å². The van der Waals surface area contributed by atoms with Gasteiger partial charge in [-0.05, 0) is 49.8 Å². The predicted octanol–water partition coefficient (Wildman–Crippen LogP) is 2.74. The molecule has 32 heavy (non-hydrogen) atoms. The van der Waals surface area contributed by atoms with Crippen LogP contribution in [-0.4, -0.2) is 78.7 Å². The molecule has 3 atom stereocenters. The number of sulfonamides is 1. The highest BCUT2D eigenvalue weighted by molar-refractivity contribution is 7.89. The molecule has 0 saturated carbocycles. The summed E-state index contributed by atoms with van der Waals surface area (Å²) in [7, 11) is -3.66. The number of fused-ring (bicyclic) bond motifs is 1. The number of aryl methyl sites for hydroxylation is 1. The molecule has 0 unspecified atom stereocenters. The maximum absolute atomic E-state index is 13.4. The summed E-state index contributed by atoms with van der Waals surface area (Å²) < 4.78 is 28.3. The fourth-order valence-electron chi connectivity index (χ4n) is 5.18. The summed E-state index contributed by atoms with van der Waals surface area (Å²) in [5.74, 6) is 1.21. The van der Waals surface area contributed by atoms with Crippen molar-refractivity contribution in [2.24, 2.45) is 11.8 Å². The van der Waals surface area contributed by atoms with Crippen molar-refractivity contribution in [2.75, 3.05) is 39.3 Å². The van der Waals surface area contributed by atoms with Crippen LogP contribution < -0.4 is 0 Å². The Morgan fingerprint density at radius 3 is 2.41 bits per heavy atom. The Morgan fingerprint density at radius 1 is 1.09 bits per heavy atom. The minimum atomic E-state index is -3.66. The van der Waals surface area contributed by atoms with Gasteiger partial charge in [-0.3, -0.25) is 14.7 Å². The van der Waals surface area contributed by atoms with Crippen LogP contribution in [0.3, 0.4) is 0 Å². The Hall–Kier alpha value is -2.03. The van der Waals surface area contributed by atoms with Gasteiger partial charge in [0.25, 0.3) is 0 Å². The van der Waals surface area contributed by atoms with E-state index in [2.05, 4.69) is 23.7 Å². The van der Waals surface area contributed by atoms with Gasteiger partial charge < -0.3 is 4.90 Å². The number of nitrogens with zero attached hydrogens (tertiary/aromatic N) is 4. The average Bonchev–Trinajstić information content (AvgIpc) is 2.76. The van der Waals surface area contributed by atoms with E-state index in [0.717, 1.165) is 30.5 Å². The third-order valence-corrected chi connectivity index (χ3v) is 8.72. The van der Waals surface area contributed by atoms with E-state index >= 15 is 0 Å². The van der Waals surface area contributed by atoms with E-state index in [1.165, 1.54) is 4.31 Å². The van der Waals surface area contributed by atoms with Gasteiger partial charge >= 0.3 is 0 Å². The molecule has 1 aromatic carbocycles. The van der Waals surface area contributed by atoms with Gasteiger partial charge in [0.15, 0.2) is 0 Å². The maximum atomic E-state index is 13.4. The van der Waals surface area contributed by atoms with E-state index in [-0.39, 0.29) is 16.8 Å². The number of likely N-dealkylation sites (tertiary alicyclic amines) is 1. The van der Waals surface area contributed by atoms with Crippen molar-refractivity contribution in [3.05, 3.63) is 36.0 Å². The molecule has 0 N–H and O–H groups in total. The third kappa shape index (κ3) is 4.54. The number of carbonyl (C=O) groups is 1. The highest BCUT2D eigenvalue weighted by Crippen LogP contribution is 2.26. The van der Waals surface area contributed by atoms with Crippen LogP contribution in [0.5, 0.6) is 0 Å². The van der Waals surface area contributed by atoms with Gasteiger partial charge in [-0.2, -0.15) is 4.31 Å². The lowest BCUT2D eigenvalue weighted by Gasteiger charge is -2.41. The molecule has 2 fully saturated rings. The van der Waals surface area contributed by atoms with Crippen LogP contribution in [-0.2, 0) is 14.8 Å². The quantitative estimate of drug-likeness (QED) is 0.704. The Kier molecular flexibility index (Phi) is 6.56. The lowest BCUT2D eigenvalue weighted by molar-refractivity contribution is -0.139. The molecule has 2 saturated heterocycles. The molecule has 2 aromatic rings. The molecule has 0 bridgehead atoms. The first-order valence-electron chi connectivity index (χ1n) is 11.5. The number of hydrogen-bond donors (Lipinski definition) is 0. The van der Waals surface area contributed by atoms with Crippen LogP contribution in [0.2, 0.25) is 0 Å². The predicted molar refractivity (Wildman–Crippen MR) is 126 cm³/mol. The fraction of sp³-hybridized carbons (Fsp3) is 0.583. The monoisotopic (exact) mass is 458 g/mol. The van der Waals surface area contributed by atoms with Crippen molar-refractivity contribution in [1.82, 2.24) is 19.1 Å². The topological polar surface area (TPSA) is 73.8 Å². The van der Waals surface area contributed by atoms with Crippen LogP contribution in [0.4, 0.5) is 0 Å². The highest BCUT2D eigenvalue weighted by Gasteiger charge is 2.35. The smallest absolute Gasteiger partial charge is 0.245 e. The molecule has 0 spiro atoms. The van der Waals surface area contributed by atoms with Gasteiger partial charge in [0.1, 0.15) is 4.90 Å². The van der Waals surface area contributed by atoms with Crippen molar-refractivity contribution >= 4 is 26.8 Å². The SMILES string of the molecule is Cc1cnc2c(S(=O)(=O)N3CCN([C@H](C)C(=O)N4C[C@H](C)C[C@H](C)C4)CC3)cccc2c1. The van der Waals surface area contributed by atoms with E-state index in [4.69, 9.17) is 0 Å². The Labute approximate surface area is 191 Å². The van der Waals surface area contributed by atoms with E-state index < -0.39 is 10.0 Å². The number of rotatable bonds is 4. The average molecular weight is 459 g/mol. The number of benzene rings is 1. The molecule has 1 amide bonds. The van der Waals surface area contributed by atoms with Crippen LogP contribution >= 0.6 is 0 Å². The molecule has 3 heterocycles. The van der Waals surface area contributed by atoms with Crippen molar-refractivity contribution in [3.8, 4) is 0 Å². The number of hydrogen-bond acceptors (Lipinski definition) is 5. The zero-order chi connectivity index (χ0) is 23.0. The molecule has 1 aromatic heterocycles. The van der Waals surface area contributed by atoms with Crippen LogP contribution in [0.25, 0.3) is 10.9 Å². The second-order valence-electron chi connectivity index (χ2n) is 9.65. The maximum Gasteiger partial charge on any atom is 0.245 e. The van der Waals surface area contributed by atoms with E-state index in [1.807, 2.05) is 30.9 Å². The number of amides is 1. The van der Waals surface area contributed by atoms with Gasteiger partial charge in [0.05, 0.1) is 11.6 Å². The first kappa shape index (κ1) is 23.1. The zero-order valence-electron chi connectivity index (χ0n) is 19.5. The standard InChI is InChI=1S/C24H34N4O3S/c1-17-13-21-6-5-7-22(23(21)25-14-17)32(30,31)28-10-8-26(9-11-28)20(4)24(29)27-15-18(2)12-19(3)16-27/h5-7,13-14,18-20H,8-12,15-16H2,1-4H3/t18-,19+,20-/m1/s1. The van der Waals surface area contributed by atoms with Crippen molar-refractivity contribution in [3.63, 3.8) is 0 Å². The second kappa shape index (κ2) is 9.08. The number of carbonyl (C=O) groups excluding carboxylic acids is 1. The first-order chi connectivity index (χ1) is 15.2. The van der Waals surface area contributed by atoms with E-state index in [9.17, 15) is 13.2 Å². The van der Waals surface area contributed by atoms with E-state index in [0.29, 0.717) is 43.5 Å². The molecule has 8 heteroatoms. The van der Waals surface area contributed by atoms with Gasteiger partial charge in [0.2, 0.25) is 15.9 Å². The molecule has 0 radical (unpaired) electrons. The summed E-state index contributed by atoms with van der Waals surface area (Å²) in [6, 6.07) is 7.02. The van der Waals surface area contributed by atoms with Crippen LogP contribution in [0, 0.1) is 18.8 Å². The summed E-state index contributed by atoms with van der Waals surface area (Å²) in [4.78, 5) is 21.9. The molecule has 174 valence electrons. The summed E-state index contributed by atoms with van der Waals surface area (Å²) in [5, 5.41) is 0.828. The minimum Gasteiger partial charge on any atom is -0.341 e. The molecule has 2 aliphatic heterocycles. The minimum absolute atomic E-state index is 0.160. The third-order valence-electron chi connectivity index (χ3n) is 6.79. The van der Waals surface area contributed by atoms with E-state index in [1.54, 1.807) is 18.3 Å². The van der Waals surface area contributed by atoms with Gasteiger partial charge in [0, 0.05) is 50.9 Å². The largest absolute Gasteiger partial charge is 0.341 e. The lowest BCUT2D eigenvalue weighted by atomic mass is 9.91. The van der Waals surface area contributed by atoms with Gasteiger partial charge in [-0.25, -0.2) is 8.42 Å². The Morgan fingerprint density at radius 2 is 1.75 bits per heavy atom. The van der Waals surface area contributed by atoms with Crippen LogP contribution in [0.15, 0.2) is 35.4 Å². The highest BCUT2D eigenvalue weighted by atomic mass is 32.2. The van der Waals surface area contributed by atoms with Crippen molar-refractivity contribution < 1.29 is 13.2 Å². The molecule has 7 nitrogen and oxygen atoms in total. The van der Waals surface area contributed by atoms with Crippen LogP contribution in [0.1, 0.15) is 32.8 Å². The summed E-state index contributed by atoms with van der Waals surface area (Å²) in [5.41, 5.74) is 1.51. The normalized spacial score (nSPS) is 24.6. The molecule has 4 rings (SSSR count). The van der Waals surface area contributed by atoms with Crippen molar-refractivity contribution in [1.29, 1.82) is 0 Å². The summed E-state index contributed by atoms with van der Waals surface area (Å²) >= 11 is 0. The number of pyridine rings is 1. The van der Waals surface area contributed by atoms with Crippen molar-refractivity contribution in [2.45, 2.75) is 45.1 Å². The van der Waals surface area contributed by atoms with Gasteiger partial charge in [-0.1, -0.05) is 26.0 Å². The number of piperazine rings is 1. The zero-order valence-corrected chi connectivity index (χ0v) is 20.3. The molecular formula is C24H34N4O3S. The number of piperidine rings is 1. The molecular weight excluding hydrogens is 424 g/mol.